The number of nitrogens with two attached hydrogens (primary N) is 1. The predicted octanol–water partition coefficient (Wildman–Crippen LogP) is 1.16. The predicted molar refractivity (Wildman–Crippen MR) is 66.2 cm³/mol. The summed E-state index contributed by atoms with van der Waals surface area (Å²) in [6, 6.07) is 0.143. The summed E-state index contributed by atoms with van der Waals surface area (Å²) >= 11 is 0. The first-order valence-electron chi connectivity index (χ1n) is 6.64. The number of rotatable bonds is 5. The van der Waals surface area contributed by atoms with Crippen LogP contribution in [0.25, 0.3) is 0 Å². The third kappa shape index (κ3) is 3.33. The third-order valence-electron chi connectivity index (χ3n) is 3.82. The first kappa shape index (κ1) is 12.6. The van der Waals surface area contributed by atoms with Crippen molar-refractivity contribution in [1.82, 2.24) is 4.90 Å². The van der Waals surface area contributed by atoms with Crippen molar-refractivity contribution in [2.75, 3.05) is 19.7 Å². The van der Waals surface area contributed by atoms with Crippen LogP contribution in [0.2, 0.25) is 0 Å². The molecule has 0 amide bonds. The maximum atomic E-state index is 8.73. The molecule has 0 radical (unpaired) electrons. The van der Waals surface area contributed by atoms with E-state index in [9.17, 15) is 0 Å². The van der Waals surface area contributed by atoms with Gasteiger partial charge in [0.25, 0.3) is 0 Å². The molecule has 5 nitrogen and oxygen atoms in total. The topological polar surface area (TPSA) is 71.1 Å². The fourth-order valence-electron chi connectivity index (χ4n) is 2.89. The molecule has 0 aliphatic carbocycles. The second-order valence-electron chi connectivity index (χ2n) is 5.00. The Hall–Kier alpha value is -0.810. The van der Waals surface area contributed by atoms with Crippen LogP contribution in [0.5, 0.6) is 0 Å². The van der Waals surface area contributed by atoms with Crippen LogP contribution < -0.4 is 5.73 Å². The fourth-order valence-corrected chi connectivity index (χ4v) is 2.89. The second-order valence-corrected chi connectivity index (χ2v) is 5.00. The summed E-state index contributed by atoms with van der Waals surface area (Å²) in [5.41, 5.74) is 5.70. The first-order chi connectivity index (χ1) is 8.31. The van der Waals surface area contributed by atoms with Crippen LogP contribution >= 0.6 is 0 Å². The molecule has 0 bridgehead atoms. The van der Waals surface area contributed by atoms with Gasteiger partial charge in [0, 0.05) is 6.61 Å². The fraction of sp³-hybridized carbons (Fsp3) is 0.917. The summed E-state index contributed by atoms with van der Waals surface area (Å²) in [7, 11) is 0. The van der Waals surface area contributed by atoms with E-state index in [1.165, 1.54) is 12.8 Å². The molecule has 17 heavy (non-hydrogen) atoms. The van der Waals surface area contributed by atoms with E-state index in [1.54, 1.807) is 0 Å². The summed E-state index contributed by atoms with van der Waals surface area (Å²) in [6.07, 6.45) is 7.32. The molecule has 2 unspecified atom stereocenters. The van der Waals surface area contributed by atoms with Gasteiger partial charge in [0.1, 0.15) is 0 Å². The molecule has 0 aromatic carbocycles. The molecule has 2 fully saturated rings. The van der Waals surface area contributed by atoms with Crippen LogP contribution in [0.3, 0.4) is 0 Å². The molecule has 2 saturated heterocycles. The van der Waals surface area contributed by atoms with Crippen LogP contribution in [0.4, 0.5) is 0 Å². The van der Waals surface area contributed by atoms with Gasteiger partial charge in [-0.1, -0.05) is 5.16 Å². The van der Waals surface area contributed by atoms with Crippen LogP contribution in [-0.4, -0.2) is 47.8 Å². The molecule has 5 heteroatoms. The highest BCUT2D eigenvalue weighted by atomic mass is 16.5. The molecule has 0 saturated carbocycles. The molecule has 2 aliphatic rings. The average Bonchev–Trinajstić information content (AvgIpc) is 2.99. The molecule has 3 N–H and O–H groups in total. The smallest absolute Gasteiger partial charge is 0.156 e. The molecule has 0 aromatic heterocycles. The van der Waals surface area contributed by atoms with Gasteiger partial charge in [0.2, 0.25) is 0 Å². The number of hydrogen-bond acceptors (Lipinski definition) is 4. The number of likely N-dealkylation sites (tertiary alicyclic amines) is 1. The molecule has 2 heterocycles. The largest absolute Gasteiger partial charge is 0.409 e. The lowest BCUT2D eigenvalue weighted by Crippen LogP contribution is -2.41. The zero-order chi connectivity index (χ0) is 12.1. The molecular formula is C12H23N3O2. The van der Waals surface area contributed by atoms with Crippen molar-refractivity contribution in [2.45, 2.75) is 50.7 Å². The Morgan fingerprint density at radius 2 is 2.29 bits per heavy atom. The molecule has 0 spiro atoms. The van der Waals surface area contributed by atoms with Crippen LogP contribution in [0.1, 0.15) is 38.5 Å². The van der Waals surface area contributed by atoms with Crippen molar-refractivity contribution < 1.29 is 9.94 Å². The van der Waals surface area contributed by atoms with E-state index < -0.39 is 0 Å². The number of amidine groups is 1. The molecule has 2 rings (SSSR count). The van der Waals surface area contributed by atoms with Crippen molar-refractivity contribution in [3.05, 3.63) is 0 Å². The van der Waals surface area contributed by atoms with Gasteiger partial charge in [-0.25, -0.2) is 0 Å². The van der Waals surface area contributed by atoms with Gasteiger partial charge < -0.3 is 15.7 Å². The summed E-state index contributed by atoms with van der Waals surface area (Å²) in [5.74, 6) is 0.361. The quantitative estimate of drug-likeness (QED) is 0.328. The standard InChI is InChI=1S/C12H23N3O2/c13-12(14-16)11-6-2-8-15(11)7-1-4-10-5-3-9-17-10/h10-11,16H,1-9H2,(H2,13,14). The van der Waals surface area contributed by atoms with Crippen molar-refractivity contribution in [3.63, 3.8) is 0 Å². The van der Waals surface area contributed by atoms with Crippen molar-refractivity contribution in [3.8, 4) is 0 Å². The SMILES string of the molecule is N/C(=N\O)C1CCCN1CCCC1CCCO1. The Bertz CT molecular complexity index is 264. The summed E-state index contributed by atoms with van der Waals surface area (Å²) < 4.78 is 5.61. The minimum Gasteiger partial charge on any atom is -0.409 e. The van der Waals surface area contributed by atoms with E-state index in [0.29, 0.717) is 11.9 Å². The zero-order valence-electron chi connectivity index (χ0n) is 10.3. The van der Waals surface area contributed by atoms with Gasteiger partial charge >= 0.3 is 0 Å². The van der Waals surface area contributed by atoms with Gasteiger partial charge in [-0.15, -0.1) is 0 Å². The summed E-state index contributed by atoms with van der Waals surface area (Å²) in [4.78, 5) is 2.32. The van der Waals surface area contributed by atoms with Gasteiger partial charge in [-0.2, -0.15) is 0 Å². The lowest BCUT2D eigenvalue weighted by molar-refractivity contribution is 0.0990. The van der Waals surface area contributed by atoms with Crippen LogP contribution in [0.15, 0.2) is 5.16 Å². The normalized spacial score (nSPS) is 31.2. The third-order valence-corrected chi connectivity index (χ3v) is 3.82. The maximum Gasteiger partial charge on any atom is 0.156 e. The Morgan fingerprint density at radius 1 is 1.41 bits per heavy atom. The number of nitrogens with zero attached hydrogens (tertiary/aromatic N) is 2. The lowest BCUT2D eigenvalue weighted by atomic mass is 10.1. The highest BCUT2D eigenvalue weighted by Crippen LogP contribution is 2.20. The zero-order valence-corrected chi connectivity index (χ0v) is 10.3. The van der Waals surface area contributed by atoms with E-state index >= 15 is 0 Å². The molecule has 98 valence electrons. The molecule has 0 aromatic rings. The molecular weight excluding hydrogens is 218 g/mol. The summed E-state index contributed by atoms with van der Waals surface area (Å²) in [5, 5.41) is 11.9. The van der Waals surface area contributed by atoms with E-state index in [1.807, 2.05) is 0 Å². The van der Waals surface area contributed by atoms with Crippen molar-refractivity contribution >= 4 is 5.84 Å². The second kappa shape index (κ2) is 6.21. The highest BCUT2D eigenvalue weighted by Gasteiger charge is 2.27. The van der Waals surface area contributed by atoms with E-state index in [2.05, 4.69) is 10.1 Å². The van der Waals surface area contributed by atoms with E-state index in [4.69, 9.17) is 15.7 Å². The Kier molecular flexibility index (Phi) is 4.62. The number of oxime groups is 1. The van der Waals surface area contributed by atoms with Gasteiger partial charge in [0.05, 0.1) is 12.1 Å². The van der Waals surface area contributed by atoms with Crippen LogP contribution in [-0.2, 0) is 4.74 Å². The molecule has 2 aliphatic heterocycles. The lowest BCUT2D eigenvalue weighted by Gasteiger charge is -2.23. The van der Waals surface area contributed by atoms with E-state index in [0.717, 1.165) is 45.4 Å². The molecule has 2 atom stereocenters. The Labute approximate surface area is 103 Å². The van der Waals surface area contributed by atoms with Gasteiger partial charge in [0.15, 0.2) is 5.84 Å². The summed E-state index contributed by atoms with van der Waals surface area (Å²) in [6.45, 7) is 3.02. The highest BCUT2D eigenvalue weighted by molar-refractivity contribution is 5.85. The number of ether oxygens (including phenoxy) is 1. The van der Waals surface area contributed by atoms with Crippen LogP contribution in [0, 0.1) is 0 Å². The Balaban J connectivity index is 1.70. The van der Waals surface area contributed by atoms with Crippen molar-refractivity contribution in [1.29, 1.82) is 0 Å². The maximum absolute atomic E-state index is 8.73. The van der Waals surface area contributed by atoms with E-state index in [-0.39, 0.29) is 6.04 Å². The monoisotopic (exact) mass is 241 g/mol. The Morgan fingerprint density at radius 3 is 3.00 bits per heavy atom. The minimum absolute atomic E-state index is 0.143. The average molecular weight is 241 g/mol. The number of hydrogen-bond donors (Lipinski definition) is 2. The van der Waals surface area contributed by atoms with Gasteiger partial charge in [-0.05, 0) is 51.6 Å². The van der Waals surface area contributed by atoms with Gasteiger partial charge in [-0.3, -0.25) is 4.90 Å². The minimum atomic E-state index is 0.143. The van der Waals surface area contributed by atoms with Crippen molar-refractivity contribution in [2.24, 2.45) is 10.9 Å². The first-order valence-corrected chi connectivity index (χ1v) is 6.64.